The lowest BCUT2D eigenvalue weighted by Gasteiger charge is -2.15. The zero-order chi connectivity index (χ0) is 14.5. The van der Waals surface area contributed by atoms with Gasteiger partial charge in [0.05, 0.1) is 5.25 Å². The Kier molecular flexibility index (Phi) is 5.31. The lowest BCUT2D eigenvalue weighted by Crippen LogP contribution is -2.33. The molecule has 0 bridgehead atoms. The van der Waals surface area contributed by atoms with Crippen LogP contribution in [0.2, 0.25) is 0 Å². The lowest BCUT2D eigenvalue weighted by atomic mass is 10.3. The number of sulfonamides is 1. The predicted octanol–water partition coefficient (Wildman–Crippen LogP) is 1.12. The maximum absolute atomic E-state index is 12.0. The van der Waals surface area contributed by atoms with E-state index in [1.807, 2.05) is 0 Å². The van der Waals surface area contributed by atoms with E-state index in [9.17, 15) is 13.2 Å². The third-order valence-corrected chi connectivity index (χ3v) is 4.55. The molecular weight excluding hydrogens is 266 g/mol. The smallest absolute Gasteiger partial charge is 0.236 e. The fourth-order valence-corrected chi connectivity index (χ4v) is 2.91. The summed E-state index contributed by atoms with van der Waals surface area (Å²) in [6, 6.07) is 6.43. The highest BCUT2D eigenvalue weighted by molar-refractivity contribution is 7.93. The monoisotopic (exact) mass is 285 g/mol. The molecule has 0 aliphatic heterocycles. The van der Waals surface area contributed by atoms with Crippen molar-refractivity contribution in [3.05, 3.63) is 24.3 Å². The Bertz CT molecular complexity index is 522. The van der Waals surface area contributed by atoms with Crippen molar-refractivity contribution in [3.63, 3.8) is 0 Å². The molecule has 0 spiro atoms. The van der Waals surface area contributed by atoms with Crippen LogP contribution in [-0.4, -0.2) is 26.1 Å². The molecule has 1 aromatic rings. The van der Waals surface area contributed by atoms with Gasteiger partial charge in [-0.2, -0.15) is 0 Å². The van der Waals surface area contributed by atoms with Crippen LogP contribution in [0.25, 0.3) is 0 Å². The molecule has 0 fully saturated rings. The first-order valence-corrected chi connectivity index (χ1v) is 7.53. The predicted molar refractivity (Wildman–Crippen MR) is 76.4 cm³/mol. The number of nitrogens with two attached hydrogens (primary N) is 1. The molecule has 7 heteroatoms. The van der Waals surface area contributed by atoms with Gasteiger partial charge in [0.25, 0.3) is 0 Å². The van der Waals surface area contributed by atoms with Crippen LogP contribution < -0.4 is 15.8 Å². The van der Waals surface area contributed by atoms with Crippen LogP contribution in [0.1, 0.15) is 20.3 Å². The minimum absolute atomic E-state index is 0.0792. The average molecular weight is 285 g/mol. The van der Waals surface area contributed by atoms with Gasteiger partial charge >= 0.3 is 0 Å². The van der Waals surface area contributed by atoms with Gasteiger partial charge < -0.3 is 11.1 Å². The molecule has 0 aliphatic rings. The van der Waals surface area contributed by atoms with Crippen LogP contribution in [0.4, 0.5) is 11.4 Å². The summed E-state index contributed by atoms with van der Waals surface area (Å²) >= 11 is 0. The number of carbonyl (C=O) groups excluding carboxylic acids is 1. The third-order valence-electron chi connectivity index (χ3n) is 2.62. The summed E-state index contributed by atoms with van der Waals surface area (Å²) in [5, 5.41) is 1.99. The van der Waals surface area contributed by atoms with Crippen molar-refractivity contribution in [1.82, 2.24) is 0 Å². The first-order valence-electron chi connectivity index (χ1n) is 5.98. The van der Waals surface area contributed by atoms with Gasteiger partial charge in [0.1, 0.15) is 0 Å². The summed E-state index contributed by atoms with van der Waals surface area (Å²) in [6.45, 7) is 3.26. The Morgan fingerprint density at radius 3 is 2.21 bits per heavy atom. The molecule has 1 aromatic carbocycles. The lowest BCUT2D eigenvalue weighted by molar-refractivity contribution is -0.114. The van der Waals surface area contributed by atoms with Gasteiger partial charge in [-0.05, 0) is 30.7 Å². The van der Waals surface area contributed by atoms with Crippen molar-refractivity contribution in [2.24, 2.45) is 5.73 Å². The quantitative estimate of drug-likeness (QED) is 0.729. The van der Waals surface area contributed by atoms with Crippen LogP contribution in [0.3, 0.4) is 0 Å². The van der Waals surface area contributed by atoms with E-state index in [1.165, 1.54) is 6.92 Å². The Morgan fingerprint density at radius 2 is 1.79 bits per heavy atom. The zero-order valence-electron chi connectivity index (χ0n) is 11.0. The van der Waals surface area contributed by atoms with E-state index < -0.39 is 15.3 Å². The van der Waals surface area contributed by atoms with Gasteiger partial charge in [-0.1, -0.05) is 6.92 Å². The molecule has 4 N–H and O–H groups in total. The molecule has 1 rings (SSSR count). The number of carbonyl (C=O) groups is 1. The van der Waals surface area contributed by atoms with E-state index in [2.05, 4.69) is 10.0 Å². The minimum Gasteiger partial charge on any atom is -0.329 e. The fraction of sp³-hybridized carbons (Fsp3) is 0.417. The maximum atomic E-state index is 12.0. The Labute approximate surface area is 113 Å². The topological polar surface area (TPSA) is 101 Å². The van der Waals surface area contributed by atoms with Gasteiger partial charge in [-0.15, -0.1) is 0 Å². The van der Waals surface area contributed by atoms with Crippen molar-refractivity contribution >= 4 is 27.3 Å². The van der Waals surface area contributed by atoms with E-state index in [0.717, 1.165) is 0 Å². The molecule has 0 saturated heterocycles. The molecule has 0 radical (unpaired) electrons. The van der Waals surface area contributed by atoms with Crippen molar-refractivity contribution in [3.8, 4) is 0 Å². The Morgan fingerprint density at radius 1 is 1.26 bits per heavy atom. The second-order valence-corrected chi connectivity index (χ2v) is 6.13. The van der Waals surface area contributed by atoms with Gasteiger partial charge in [0.2, 0.25) is 15.9 Å². The standard InChI is InChI=1S/C12H19N3O3S/c1-3-12(8-13)19(17,18)15-11-6-4-10(5-7-11)14-9(2)16/h4-7,12,15H,3,8,13H2,1-2H3,(H,14,16). The Hall–Kier alpha value is -1.60. The van der Waals surface area contributed by atoms with E-state index in [-0.39, 0.29) is 12.5 Å². The van der Waals surface area contributed by atoms with Crippen molar-refractivity contribution in [2.75, 3.05) is 16.6 Å². The molecule has 0 aromatic heterocycles. The van der Waals surface area contributed by atoms with E-state index in [1.54, 1.807) is 31.2 Å². The summed E-state index contributed by atoms with van der Waals surface area (Å²) in [4.78, 5) is 10.9. The molecule has 1 amide bonds. The SMILES string of the molecule is CCC(CN)S(=O)(=O)Nc1ccc(NC(C)=O)cc1. The Balaban J connectivity index is 2.80. The highest BCUT2D eigenvalue weighted by Crippen LogP contribution is 2.16. The van der Waals surface area contributed by atoms with Crippen LogP contribution in [0.5, 0.6) is 0 Å². The fourth-order valence-electron chi connectivity index (χ4n) is 1.59. The van der Waals surface area contributed by atoms with Crippen LogP contribution in [0.15, 0.2) is 24.3 Å². The van der Waals surface area contributed by atoms with E-state index in [0.29, 0.717) is 17.8 Å². The van der Waals surface area contributed by atoms with Crippen LogP contribution >= 0.6 is 0 Å². The number of benzene rings is 1. The first kappa shape index (κ1) is 15.5. The zero-order valence-corrected chi connectivity index (χ0v) is 11.8. The maximum Gasteiger partial charge on any atom is 0.236 e. The molecule has 0 aliphatic carbocycles. The summed E-state index contributed by atoms with van der Waals surface area (Å²) in [7, 11) is -3.47. The normalized spacial score (nSPS) is 12.8. The highest BCUT2D eigenvalue weighted by atomic mass is 32.2. The molecule has 0 heterocycles. The summed E-state index contributed by atoms with van der Waals surface area (Å²) < 4.78 is 26.4. The number of rotatable bonds is 6. The number of hydrogen-bond acceptors (Lipinski definition) is 4. The van der Waals surface area contributed by atoms with Gasteiger partial charge in [0, 0.05) is 24.8 Å². The minimum atomic E-state index is -3.47. The van der Waals surface area contributed by atoms with Gasteiger partial charge in [0.15, 0.2) is 0 Å². The second-order valence-electron chi connectivity index (χ2n) is 4.17. The third kappa shape index (κ3) is 4.53. The number of nitrogens with one attached hydrogen (secondary N) is 2. The summed E-state index contributed by atoms with van der Waals surface area (Å²) in [5.41, 5.74) is 6.49. The molecule has 19 heavy (non-hydrogen) atoms. The van der Waals surface area contributed by atoms with Crippen LogP contribution in [-0.2, 0) is 14.8 Å². The molecule has 0 saturated carbocycles. The van der Waals surface area contributed by atoms with Gasteiger partial charge in [-0.3, -0.25) is 9.52 Å². The summed E-state index contributed by atoms with van der Waals surface area (Å²) in [5.74, 6) is -0.178. The number of anilines is 2. The van der Waals surface area contributed by atoms with Gasteiger partial charge in [-0.25, -0.2) is 8.42 Å². The van der Waals surface area contributed by atoms with Crippen molar-refractivity contribution < 1.29 is 13.2 Å². The van der Waals surface area contributed by atoms with Crippen molar-refractivity contribution in [2.45, 2.75) is 25.5 Å². The number of hydrogen-bond donors (Lipinski definition) is 3. The van der Waals surface area contributed by atoms with E-state index >= 15 is 0 Å². The molecule has 1 unspecified atom stereocenters. The first-order chi connectivity index (χ1) is 8.89. The molecule has 1 atom stereocenters. The largest absolute Gasteiger partial charge is 0.329 e. The molecule has 6 nitrogen and oxygen atoms in total. The van der Waals surface area contributed by atoms with Crippen molar-refractivity contribution in [1.29, 1.82) is 0 Å². The second kappa shape index (κ2) is 6.53. The van der Waals surface area contributed by atoms with Crippen LogP contribution in [0, 0.1) is 0 Å². The molecular formula is C12H19N3O3S. The highest BCUT2D eigenvalue weighted by Gasteiger charge is 2.21. The van der Waals surface area contributed by atoms with E-state index in [4.69, 9.17) is 5.73 Å². The summed E-state index contributed by atoms with van der Waals surface area (Å²) in [6.07, 6.45) is 0.454. The average Bonchev–Trinajstić information content (AvgIpc) is 2.31. The molecule has 106 valence electrons. The number of amides is 1.